The summed E-state index contributed by atoms with van der Waals surface area (Å²) in [4.78, 5) is -0.222. The largest absolute Gasteiger partial charge is 0.497 e. The van der Waals surface area contributed by atoms with E-state index in [1.54, 1.807) is 64.3 Å². The van der Waals surface area contributed by atoms with Crippen LogP contribution < -0.4 is 5.46 Å². The van der Waals surface area contributed by atoms with Crippen molar-refractivity contribution in [1.29, 1.82) is 0 Å². The van der Waals surface area contributed by atoms with Crippen LogP contribution in [0.5, 0.6) is 0 Å². The molecule has 0 bridgehead atoms. The fourth-order valence-corrected chi connectivity index (χ4v) is 5.55. The van der Waals surface area contributed by atoms with E-state index in [0.717, 1.165) is 38.8 Å². The maximum atomic E-state index is 14.9. The minimum Gasteiger partial charge on any atom is -0.399 e. The van der Waals surface area contributed by atoms with Crippen molar-refractivity contribution >= 4 is 73.5 Å². The topological polar surface area (TPSA) is 89.7 Å². The predicted molar refractivity (Wildman–Crippen MR) is 204 cm³/mol. The standard InChI is InChI=1S/C18H22BFN4O2.C12H10BrFN4.C2H4Cl2.2CH4/c1-17(2)18(3,4)26-19(25-17)13-7-12-15(8-14(13)20)24(6)22-16(12)11-9-21-23(5)10-11;1-17-6-7(5-15-17)12-8-3-9(13)10(14)4-11(8)18(2)16-12;1-2(3)4;;/h7-10H,1-6H3;3-6H,1-2H3;2H,1H3;2*1H4. The normalized spacial score (nSPS) is 14.6. The van der Waals surface area contributed by atoms with Crippen LogP contribution in [0.15, 0.2) is 53.5 Å². The molecule has 6 aromatic rings. The molecular formula is C34H44BBrCl2F2N8O2. The van der Waals surface area contributed by atoms with Crippen LogP contribution in [0, 0.1) is 11.6 Å². The zero-order chi connectivity index (χ0) is 35.3. The maximum Gasteiger partial charge on any atom is 0.497 e. The van der Waals surface area contributed by atoms with E-state index in [0.29, 0.717) is 15.5 Å². The summed E-state index contributed by atoms with van der Waals surface area (Å²) in [6.45, 7) is 9.51. The molecule has 7 rings (SSSR count). The van der Waals surface area contributed by atoms with Crippen molar-refractivity contribution in [2.45, 2.75) is 65.5 Å². The molecule has 16 heteroatoms. The Labute approximate surface area is 310 Å². The van der Waals surface area contributed by atoms with Crippen molar-refractivity contribution in [1.82, 2.24) is 39.1 Å². The lowest BCUT2D eigenvalue weighted by atomic mass is 9.78. The van der Waals surface area contributed by atoms with Gasteiger partial charge in [-0.2, -0.15) is 20.4 Å². The first-order valence-electron chi connectivity index (χ1n) is 15.0. The highest BCUT2D eigenvalue weighted by Gasteiger charge is 2.52. The number of benzene rings is 2. The van der Waals surface area contributed by atoms with Crippen LogP contribution in [-0.4, -0.2) is 62.3 Å². The summed E-state index contributed by atoms with van der Waals surface area (Å²) in [6, 6.07) is 6.50. The summed E-state index contributed by atoms with van der Waals surface area (Å²) in [6.07, 6.45) is 7.28. The van der Waals surface area contributed by atoms with Gasteiger partial charge in [0, 0.05) is 74.0 Å². The zero-order valence-corrected chi connectivity index (χ0v) is 31.2. The Kier molecular flexibility index (Phi) is 12.8. The molecule has 1 saturated heterocycles. The van der Waals surface area contributed by atoms with Crippen LogP contribution in [0.1, 0.15) is 49.5 Å². The van der Waals surface area contributed by atoms with Gasteiger partial charge in [-0.05, 0) is 68.7 Å². The van der Waals surface area contributed by atoms with Gasteiger partial charge < -0.3 is 9.31 Å². The van der Waals surface area contributed by atoms with Gasteiger partial charge in [-0.15, -0.1) is 23.2 Å². The molecule has 4 aromatic heterocycles. The molecular weight excluding hydrogens is 752 g/mol. The third-order valence-electron chi connectivity index (χ3n) is 8.32. The molecule has 50 heavy (non-hydrogen) atoms. The fraction of sp³-hybridized carbons (Fsp3) is 0.412. The fourth-order valence-electron chi connectivity index (χ4n) is 5.21. The van der Waals surface area contributed by atoms with Gasteiger partial charge in [-0.3, -0.25) is 18.7 Å². The second-order valence-corrected chi connectivity index (χ2v) is 14.9. The molecule has 0 N–H and O–H groups in total. The first-order valence-corrected chi connectivity index (χ1v) is 16.6. The highest BCUT2D eigenvalue weighted by atomic mass is 79.9. The molecule has 1 aliphatic heterocycles. The van der Waals surface area contributed by atoms with Gasteiger partial charge in [0.1, 0.15) is 27.9 Å². The van der Waals surface area contributed by atoms with Crippen molar-refractivity contribution in [3.05, 3.63) is 65.2 Å². The van der Waals surface area contributed by atoms with Crippen molar-refractivity contribution in [3.8, 4) is 22.5 Å². The average molecular weight is 796 g/mol. The van der Waals surface area contributed by atoms with E-state index < -0.39 is 18.3 Å². The highest BCUT2D eigenvalue weighted by molar-refractivity contribution is 9.10. The Morgan fingerprint density at radius 1 is 0.740 bits per heavy atom. The van der Waals surface area contributed by atoms with Crippen LogP contribution in [-0.2, 0) is 37.5 Å². The van der Waals surface area contributed by atoms with Gasteiger partial charge in [0.15, 0.2) is 0 Å². The molecule has 0 aliphatic carbocycles. The number of halogens is 5. The Balaban J connectivity index is 0.000000247. The number of alkyl halides is 2. The molecule has 1 fully saturated rings. The zero-order valence-electron chi connectivity index (χ0n) is 28.1. The average Bonchev–Trinajstić information content (AvgIpc) is 3.78. The second kappa shape index (κ2) is 15.5. The lowest BCUT2D eigenvalue weighted by Crippen LogP contribution is -2.41. The van der Waals surface area contributed by atoms with E-state index >= 15 is 0 Å². The van der Waals surface area contributed by atoms with Crippen molar-refractivity contribution in [2.75, 3.05) is 0 Å². The molecule has 0 radical (unpaired) electrons. The van der Waals surface area contributed by atoms with E-state index in [1.807, 2.05) is 54.2 Å². The molecule has 270 valence electrons. The molecule has 0 atom stereocenters. The minimum atomic E-state index is -0.758. The monoisotopic (exact) mass is 794 g/mol. The van der Waals surface area contributed by atoms with E-state index in [-0.39, 0.29) is 31.3 Å². The predicted octanol–water partition coefficient (Wildman–Crippen LogP) is 8.37. The van der Waals surface area contributed by atoms with Crippen LogP contribution in [0.25, 0.3) is 44.3 Å². The lowest BCUT2D eigenvalue weighted by molar-refractivity contribution is 0.00578. The molecule has 0 saturated carbocycles. The first-order chi connectivity index (χ1) is 22.4. The van der Waals surface area contributed by atoms with Gasteiger partial charge in [0.05, 0.1) is 39.1 Å². The number of fused-ring (bicyclic) bond motifs is 2. The maximum absolute atomic E-state index is 14.9. The van der Waals surface area contributed by atoms with Gasteiger partial charge in [-0.1, -0.05) is 14.9 Å². The SMILES string of the molecule is C.C.CC(Cl)Cl.Cn1cc(-c2nn(C)c3cc(F)c(B4OC(C)(C)C(C)(C)O4)cc23)cn1.Cn1cc(-c2nn(C)c3cc(F)c(Br)cc23)cn1. The molecule has 0 amide bonds. The number of aryl methyl sites for hydroxylation is 4. The lowest BCUT2D eigenvalue weighted by Gasteiger charge is -2.32. The Morgan fingerprint density at radius 2 is 1.14 bits per heavy atom. The molecule has 1 aliphatic rings. The quantitative estimate of drug-likeness (QED) is 0.132. The van der Waals surface area contributed by atoms with E-state index in [2.05, 4.69) is 36.3 Å². The summed E-state index contributed by atoms with van der Waals surface area (Å²) >= 11 is 13.3. The summed E-state index contributed by atoms with van der Waals surface area (Å²) < 4.78 is 47.7. The number of aromatic nitrogens is 8. The Morgan fingerprint density at radius 3 is 1.54 bits per heavy atom. The van der Waals surface area contributed by atoms with Gasteiger partial charge in [0.2, 0.25) is 0 Å². The second-order valence-electron chi connectivity index (χ2n) is 12.5. The van der Waals surface area contributed by atoms with Crippen molar-refractivity contribution in [3.63, 3.8) is 0 Å². The van der Waals surface area contributed by atoms with Gasteiger partial charge >= 0.3 is 7.12 Å². The Hall–Kier alpha value is -3.30. The van der Waals surface area contributed by atoms with Gasteiger partial charge in [-0.25, -0.2) is 8.78 Å². The van der Waals surface area contributed by atoms with E-state index in [4.69, 9.17) is 32.5 Å². The van der Waals surface area contributed by atoms with E-state index in [9.17, 15) is 8.78 Å². The minimum absolute atomic E-state index is 0. The number of hydrogen-bond donors (Lipinski definition) is 0. The molecule has 0 spiro atoms. The van der Waals surface area contributed by atoms with Crippen molar-refractivity contribution in [2.24, 2.45) is 28.2 Å². The van der Waals surface area contributed by atoms with E-state index in [1.165, 1.54) is 12.1 Å². The molecule has 5 heterocycles. The number of nitrogens with zero attached hydrogens (tertiary/aromatic N) is 8. The smallest absolute Gasteiger partial charge is 0.399 e. The molecule has 2 aromatic carbocycles. The van der Waals surface area contributed by atoms with Crippen LogP contribution in [0.3, 0.4) is 0 Å². The van der Waals surface area contributed by atoms with Crippen LogP contribution in [0.2, 0.25) is 0 Å². The number of rotatable bonds is 3. The summed E-state index contributed by atoms with van der Waals surface area (Å²) in [5.41, 5.74) is 4.16. The third kappa shape index (κ3) is 8.26. The highest BCUT2D eigenvalue weighted by Crippen LogP contribution is 2.37. The summed E-state index contributed by atoms with van der Waals surface area (Å²) in [5, 5.41) is 19.1. The molecule has 10 nitrogen and oxygen atoms in total. The number of hydrogen-bond acceptors (Lipinski definition) is 6. The third-order valence-corrected chi connectivity index (χ3v) is 8.93. The van der Waals surface area contributed by atoms with Gasteiger partial charge in [0.25, 0.3) is 0 Å². The van der Waals surface area contributed by atoms with Crippen LogP contribution >= 0.6 is 39.1 Å². The summed E-state index contributed by atoms with van der Waals surface area (Å²) in [5.74, 6) is -0.653. The summed E-state index contributed by atoms with van der Waals surface area (Å²) in [7, 11) is 6.55. The first kappa shape index (κ1) is 41.1. The Bertz CT molecular complexity index is 2090. The van der Waals surface area contributed by atoms with Crippen LogP contribution in [0.4, 0.5) is 8.78 Å². The van der Waals surface area contributed by atoms with Crippen molar-refractivity contribution < 1.29 is 18.1 Å². The molecule has 0 unspecified atom stereocenters.